The molecule has 2 aromatic carbocycles. The number of alkyl halides is 2. The molecule has 6 nitrogen and oxygen atoms in total. The number of para-hydroxylation sites is 2. The van der Waals surface area contributed by atoms with E-state index in [-0.39, 0.29) is 23.8 Å². The molecule has 0 saturated heterocycles. The van der Waals surface area contributed by atoms with Gasteiger partial charge in [-0.25, -0.2) is 0 Å². The molecule has 0 bridgehead atoms. The number of likely N-dealkylation sites (N-methyl/N-ethyl adjacent to an activating group) is 1. The highest BCUT2D eigenvalue weighted by Crippen LogP contribution is 2.25. The number of anilines is 2. The van der Waals surface area contributed by atoms with Gasteiger partial charge in [0.15, 0.2) is 0 Å². The van der Waals surface area contributed by atoms with E-state index in [2.05, 4.69) is 20.7 Å². The lowest BCUT2D eigenvalue weighted by molar-refractivity contribution is -0.120. The summed E-state index contributed by atoms with van der Waals surface area (Å²) in [6.45, 7) is -1.34. The van der Waals surface area contributed by atoms with Crippen molar-refractivity contribution in [2.24, 2.45) is 0 Å². The highest BCUT2D eigenvalue weighted by Gasteiger charge is 2.16. The summed E-state index contributed by atoms with van der Waals surface area (Å²) in [6.07, 6.45) is 0.272. The summed E-state index contributed by atoms with van der Waals surface area (Å²) in [6, 6.07) is 12.4. The van der Waals surface area contributed by atoms with Crippen LogP contribution in [0.2, 0.25) is 0 Å². The largest absolute Gasteiger partial charge is 0.433 e. The molecule has 0 aliphatic heterocycles. The predicted octanol–water partition coefficient (Wildman–Crippen LogP) is 3.02. The molecule has 0 heterocycles. The van der Waals surface area contributed by atoms with Crippen LogP contribution in [0.1, 0.15) is 12.5 Å². The first kappa shape index (κ1) is 20.2. The van der Waals surface area contributed by atoms with E-state index in [1.807, 2.05) is 0 Å². The van der Waals surface area contributed by atoms with Crippen LogP contribution >= 0.6 is 0 Å². The van der Waals surface area contributed by atoms with Crippen LogP contribution in [0.15, 0.2) is 48.5 Å². The minimum atomic E-state index is -2.98. The normalized spacial score (nSPS) is 11.6. The van der Waals surface area contributed by atoms with E-state index in [0.29, 0.717) is 5.69 Å². The van der Waals surface area contributed by atoms with Crippen LogP contribution in [0.25, 0.3) is 0 Å². The minimum Gasteiger partial charge on any atom is -0.433 e. The lowest BCUT2D eigenvalue weighted by Gasteiger charge is -2.17. The molecule has 8 heteroatoms. The minimum absolute atomic E-state index is 0.0897. The van der Waals surface area contributed by atoms with Crippen molar-refractivity contribution in [3.8, 4) is 5.75 Å². The van der Waals surface area contributed by atoms with Crippen molar-refractivity contribution in [1.82, 2.24) is 5.32 Å². The third-order valence-electron chi connectivity index (χ3n) is 3.73. The molecule has 0 fully saturated rings. The molecule has 0 aliphatic carbocycles. The number of hydrogen-bond donors (Lipinski definition) is 3. The van der Waals surface area contributed by atoms with Gasteiger partial charge < -0.3 is 20.7 Å². The quantitative estimate of drug-likeness (QED) is 0.661. The summed E-state index contributed by atoms with van der Waals surface area (Å²) in [5, 5.41) is 8.13. The number of hydrogen-bond acceptors (Lipinski definition) is 4. The zero-order chi connectivity index (χ0) is 19.8. The lowest BCUT2D eigenvalue weighted by atomic mass is 10.1. The average molecular weight is 377 g/mol. The van der Waals surface area contributed by atoms with Crippen molar-refractivity contribution in [3.63, 3.8) is 0 Å². The maximum Gasteiger partial charge on any atom is 0.387 e. The Morgan fingerprint density at radius 1 is 1.07 bits per heavy atom. The fourth-order valence-corrected chi connectivity index (χ4v) is 2.32. The number of amides is 2. The zero-order valence-corrected chi connectivity index (χ0v) is 15.0. The Balaban J connectivity index is 1.97. The molecule has 1 atom stereocenters. The van der Waals surface area contributed by atoms with Gasteiger partial charge >= 0.3 is 6.61 Å². The number of nitrogens with one attached hydrogen (secondary N) is 3. The molecule has 27 heavy (non-hydrogen) atoms. The van der Waals surface area contributed by atoms with Crippen molar-refractivity contribution in [3.05, 3.63) is 54.1 Å². The monoisotopic (exact) mass is 377 g/mol. The molecule has 0 radical (unpaired) electrons. The topological polar surface area (TPSA) is 79.5 Å². The van der Waals surface area contributed by atoms with Gasteiger partial charge in [-0.3, -0.25) is 9.59 Å². The summed E-state index contributed by atoms with van der Waals surface area (Å²) >= 11 is 0. The number of carbonyl (C=O) groups excluding carboxylic acids is 2. The molecule has 3 N–H and O–H groups in total. The Bertz CT molecular complexity index is 782. The number of benzene rings is 2. The molecule has 2 aromatic rings. The van der Waals surface area contributed by atoms with Gasteiger partial charge in [0.25, 0.3) is 0 Å². The average Bonchev–Trinajstić information content (AvgIpc) is 2.64. The summed E-state index contributed by atoms with van der Waals surface area (Å²) in [4.78, 5) is 23.7. The molecular formula is C19H21F2N3O3. The maximum absolute atomic E-state index is 12.4. The van der Waals surface area contributed by atoms with Gasteiger partial charge in [-0.05, 0) is 36.8 Å². The molecule has 144 valence electrons. The second-order valence-corrected chi connectivity index (χ2v) is 5.78. The highest BCUT2D eigenvalue weighted by molar-refractivity contribution is 5.97. The van der Waals surface area contributed by atoms with Crippen molar-refractivity contribution in [2.45, 2.75) is 26.0 Å². The standard InChI is InChI=1S/C19H21F2N3O3/c1-12(23-14-9-7-13(8-10-14)11-17(25)22-2)18(26)24-15-5-3-4-6-16(15)27-19(20)21/h3-10,12,19,23H,11H2,1-2H3,(H,22,25)(H,24,26). The molecule has 2 rings (SSSR count). The first-order valence-corrected chi connectivity index (χ1v) is 8.30. The number of carbonyl (C=O) groups is 2. The fourth-order valence-electron chi connectivity index (χ4n) is 2.32. The number of ether oxygens (including phenoxy) is 1. The molecule has 2 amide bonds. The summed E-state index contributed by atoms with van der Waals surface area (Å²) in [5.74, 6) is -0.602. The van der Waals surface area contributed by atoms with E-state index in [1.165, 1.54) is 18.2 Å². The lowest BCUT2D eigenvalue weighted by Crippen LogP contribution is -2.32. The van der Waals surface area contributed by atoms with E-state index >= 15 is 0 Å². The van der Waals surface area contributed by atoms with Gasteiger partial charge in [-0.15, -0.1) is 0 Å². The Morgan fingerprint density at radius 3 is 2.37 bits per heavy atom. The van der Waals surface area contributed by atoms with E-state index in [4.69, 9.17) is 0 Å². The van der Waals surface area contributed by atoms with Crippen LogP contribution in [0.5, 0.6) is 5.75 Å². The van der Waals surface area contributed by atoms with Gasteiger partial charge in [0, 0.05) is 12.7 Å². The second-order valence-electron chi connectivity index (χ2n) is 5.78. The molecule has 0 aromatic heterocycles. The molecule has 0 aliphatic rings. The smallest absolute Gasteiger partial charge is 0.387 e. The fraction of sp³-hybridized carbons (Fsp3) is 0.263. The number of halogens is 2. The van der Waals surface area contributed by atoms with Crippen LogP contribution < -0.4 is 20.7 Å². The van der Waals surface area contributed by atoms with Crippen LogP contribution in [0.4, 0.5) is 20.2 Å². The van der Waals surface area contributed by atoms with Crippen LogP contribution in [0, 0.1) is 0 Å². The maximum atomic E-state index is 12.4. The Morgan fingerprint density at radius 2 is 1.74 bits per heavy atom. The van der Waals surface area contributed by atoms with E-state index in [0.717, 1.165) is 5.56 Å². The third kappa shape index (κ3) is 6.25. The van der Waals surface area contributed by atoms with Gasteiger partial charge in [0.1, 0.15) is 11.8 Å². The highest BCUT2D eigenvalue weighted by atomic mass is 19.3. The third-order valence-corrected chi connectivity index (χ3v) is 3.73. The van der Waals surface area contributed by atoms with E-state index < -0.39 is 18.6 Å². The number of rotatable bonds is 8. The molecule has 0 spiro atoms. The Kier molecular flexibility index (Phi) is 7.10. The van der Waals surface area contributed by atoms with Crippen molar-refractivity contribution >= 4 is 23.2 Å². The van der Waals surface area contributed by atoms with E-state index in [1.54, 1.807) is 44.3 Å². The predicted molar refractivity (Wildman–Crippen MR) is 99.0 cm³/mol. The van der Waals surface area contributed by atoms with Gasteiger partial charge in [0.05, 0.1) is 12.1 Å². The first-order chi connectivity index (χ1) is 12.9. The summed E-state index contributed by atoms with van der Waals surface area (Å²) < 4.78 is 29.3. The van der Waals surface area contributed by atoms with Crippen molar-refractivity contribution in [1.29, 1.82) is 0 Å². The van der Waals surface area contributed by atoms with Gasteiger partial charge in [-0.2, -0.15) is 8.78 Å². The van der Waals surface area contributed by atoms with E-state index in [9.17, 15) is 18.4 Å². The molecule has 0 saturated carbocycles. The van der Waals surface area contributed by atoms with Gasteiger partial charge in [0.2, 0.25) is 11.8 Å². The first-order valence-electron chi connectivity index (χ1n) is 8.30. The summed E-state index contributed by atoms with van der Waals surface area (Å²) in [5.41, 5.74) is 1.70. The SMILES string of the molecule is CNC(=O)Cc1ccc(NC(C)C(=O)Nc2ccccc2OC(F)F)cc1. The molecule has 1 unspecified atom stereocenters. The molecular weight excluding hydrogens is 356 g/mol. The second kappa shape index (κ2) is 9.51. The Hall–Kier alpha value is -3.16. The van der Waals surface area contributed by atoms with Crippen LogP contribution in [0.3, 0.4) is 0 Å². The van der Waals surface area contributed by atoms with Crippen LogP contribution in [-0.2, 0) is 16.0 Å². The Labute approximate surface area is 155 Å². The van der Waals surface area contributed by atoms with Gasteiger partial charge in [-0.1, -0.05) is 24.3 Å². The summed E-state index contributed by atoms with van der Waals surface area (Å²) in [7, 11) is 1.57. The zero-order valence-electron chi connectivity index (χ0n) is 15.0. The van der Waals surface area contributed by atoms with Crippen molar-refractivity contribution in [2.75, 3.05) is 17.7 Å². The van der Waals surface area contributed by atoms with Crippen LogP contribution in [-0.4, -0.2) is 31.5 Å². The van der Waals surface area contributed by atoms with Crippen molar-refractivity contribution < 1.29 is 23.1 Å².